The van der Waals surface area contributed by atoms with Crippen LogP contribution in [-0.4, -0.2) is 43.8 Å². The van der Waals surface area contributed by atoms with Crippen LogP contribution in [0.15, 0.2) is 119 Å². The minimum absolute atomic E-state index is 0.0214. The first-order valence-electron chi connectivity index (χ1n) is 14.3. The van der Waals surface area contributed by atoms with Gasteiger partial charge in [0.1, 0.15) is 18.4 Å². The molecule has 4 aromatic rings. The monoisotopic (exact) mass is 679 g/mol. The van der Waals surface area contributed by atoms with E-state index < -0.39 is 34.3 Å². The van der Waals surface area contributed by atoms with Crippen LogP contribution in [0.1, 0.15) is 31.4 Å². The summed E-state index contributed by atoms with van der Waals surface area (Å²) in [4.78, 5) is 29.6. The van der Waals surface area contributed by atoms with Crippen molar-refractivity contribution in [1.82, 2.24) is 10.2 Å². The summed E-state index contributed by atoms with van der Waals surface area (Å²) < 4.78 is 43.5. The number of rotatable bonds is 13. The highest BCUT2D eigenvalue weighted by atomic mass is 79.9. The Bertz CT molecular complexity index is 1640. The van der Waals surface area contributed by atoms with Crippen LogP contribution in [0.3, 0.4) is 0 Å². The molecular formula is C34H35BrFN3O4S. The van der Waals surface area contributed by atoms with Gasteiger partial charge in [0.2, 0.25) is 11.8 Å². The summed E-state index contributed by atoms with van der Waals surface area (Å²) in [6.45, 7) is 3.29. The maximum atomic E-state index is 14.4. The maximum absolute atomic E-state index is 14.4. The molecule has 0 radical (unpaired) electrons. The number of hydrogen-bond donors (Lipinski definition) is 1. The first kappa shape index (κ1) is 32.9. The first-order valence-corrected chi connectivity index (χ1v) is 16.5. The Morgan fingerprint density at radius 2 is 1.43 bits per heavy atom. The molecule has 0 bridgehead atoms. The van der Waals surface area contributed by atoms with E-state index in [1.807, 2.05) is 68.4 Å². The normalized spacial score (nSPS) is 12.6. The molecule has 0 aliphatic carbocycles. The van der Waals surface area contributed by atoms with E-state index in [2.05, 4.69) is 21.2 Å². The van der Waals surface area contributed by atoms with Crippen LogP contribution in [0.5, 0.6) is 0 Å². The van der Waals surface area contributed by atoms with Crippen LogP contribution in [-0.2, 0) is 32.6 Å². The van der Waals surface area contributed by atoms with Gasteiger partial charge in [0.25, 0.3) is 10.0 Å². The van der Waals surface area contributed by atoms with Crippen molar-refractivity contribution in [2.75, 3.05) is 10.8 Å². The lowest BCUT2D eigenvalue weighted by atomic mass is 10.0. The Labute approximate surface area is 266 Å². The van der Waals surface area contributed by atoms with Crippen LogP contribution in [0, 0.1) is 5.82 Å². The predicted octanol–water partition coefficient (Wildman–Crippen LogP) is 6.34. The van der Waals surface area contributed by atoms with E-state index in [9.17, 15) is 22.4 Å². The average Bonchev–Trinajstić information content (AvgIpc) is 3.03. The van der Waals surface area contributed by atoms with Crippen molar-refractivity contribution in [2.24, 2.45) is 0 Å². The number of nitrogens with one attached hydrogen (secondary N) is 1. The molecule has 230 valence electrons. The smallest absolute Gasteiger partial charge is 0.264 e. The van der Waals surface area contributed by atoms with E-state index in [1.165, 1.54) is 29.2 Å². The number of nitrogens with zero attached hydrogens (tertiary/aromatic N) is 2. The van der Waals surface area contributed by atoms with Crippen molar-refractivity contribution in [3.63, 3.8) is 0 Å². The third kappa shape index (κ3) is 8.54. The summed E-state index contributed by atoms with van der Waals surface area (Å²) in [6, 6.07) is 28.3. The minimum atomic E-state index is -4.25. The van der Waals surface area contributed by atoms with Crippen molar-refractivity contribution >= 4 is 43.5 Å². The molecule has 0 fully saturated rings. The van der Waals surface area contributed by atoms with E-state index in [4.69, 9.17) is 0 Å². The summed E-state index contributed by atoms with van der Waals surface area (Å²) in [7, 11) is -4.25. The van der Waals surface area contributed by atoms with E-state index in [-0.39, 0.29) is 35.5 Å². The topological polar surface area (TPSA) is 86.8 Å². The number of carbonyl (C=O) groups is 2. The molecule has 0 heterocycles. The van der Waals surface area contributed by atoms with E-state index in [0.717, 1.165) is 32.0 Å². The molecule has 4 rings (SSSR count). The fourth-order valence-corrected chi connectivity index (χ4v) is 6.34. The quantitative estimate of drug-likeness (QED) is 0.179. The molecule has 4 aromatic carbocycles. The number of amides is 2. The second kappa shape index (κ2) is 15.1. The summed E-state index contributed by atoms with van der Waals surface area (Å²) in [5, 5.41) is 3.01. The molecule has 0 aliphatic heterocycles. The molecule has 0 aromatic heterocycles. The molecule has 0 saturated heterocycles. The zero-order valence-electron chi connectivity index (χ0n) is 24.6. The van der Waals surface area contributed by atoms with Crippen LogP contribution < -0.4 is 9.62 Å². The standard InChI is InChI=1S/C34H35BrFN3O4S/c1-3-25(2)37-34(41)32(22-26-10-6-4-7-11-26)38(23-27-14-16-28(35)17-15-27)33(40)24-39(30-20-18-29(36)19-21-30)44(42,43)31-12-8-5-9-13-31/h4-21,25,32H,3,22-24H2,1-2H3,(H,37,41)/t25-,32-/m1/s1. The number of sulfonamides is 1. The Balaban J connectivity index is 1.79. The molecule has 44 heavy (non-hydrogen) atoms. The fourth-order valence-electron chi connectivity index (χ4n) is 4.64. The van der Waals surface area contributed by atoms with E-state index in [0.29, 0.717) is 6.42 Å². The zero-order valence-corrected chi connectivity index (χ0v) is 27.0. The molecule has 10 heteroatoms. The third-order valence-electron chi connectivity index (χ3n) is 7.26. The van der Waals surface area contributed by atoms with Crippen molar-refractivity contribution in [3.8, 4) is 0 Å². The van der Waals surface area contributed by atoms with Gasteiger partial charge in [-0.25, -0.2) is 12.8 Å². The maximum Gasteiger partial charge on any atom is 0.264 e. The Morgan fingerprint density at radius 3 is 2.02 bits per heavy atom. The first-order chi connectivity index (χ1) is 21.1. The van der Waals surface area contributed by atoms with Crippen molar-refractivity contribution in [1.29, 1.82) is 0 Å². The lowest BCUT2D eigenvalue weighted by Crippen LogP contribution is -2.54. The number of halogens is 2. The van der Waals surface area contributed by atoms with Gasteiger partial charge >= 0.3 is 0 Å². The van der Waals surface area contributed by atoms with Crippen molar-refractivity contribution in [3.05, 3.63) is 131 Å². The van der Waals surface area contributed by atoms with Crippen LogP contribution >= 0.6 is 15.9 Å². The number of carbonyl (C=O) groups excluding carboxylic acids is 2. The van der Waals surface area contributed by atoms with Crippen molar-refractivity contribution in [2.45, 2.75) is 50.2 Å². The zero-order chi connectivity index (χ0) is 31.7. The molecule has 2 atom stereocenters. The van der Waals surface area contributed by atoms with Crippen LogP contribution in [0.2, 0.25) is 0 Å². The van der Waals surface area contributed by atoms with Gasteiger partial charge in [-0.1, -0.05) is 83.5 Å². The molecule has 1 N–H and O–H groups in total. The van der Waals surface area contributed by atoms with E-state index in [1.54, 1.807) is 18.2 Å². The second-order valence-corrected chi connectivity index (χ2v) is 13.3. The average molecular weight is 681 g/mol. The number of hydrogen-bond acceptors (Lipinski definition) is 4. The predicted molar refractivity (Wildman–Crippen MR) is 174 cm³/mol. The minimum Gasteiger partial charge on any atom is -0.352 e. The summed E-state index contributed by atoms with van der Waals surface area (Å²) in [5.74, 6) is -1.47. The SMILES string of the molecule is CC[C@@H](C)NC(=O)[C@@H](Cc1ccccc1)N(Cc1ccc(Br)cc1)C(=O)CN(c1ccc(F)cc1)S(=O)(=O)c1ccccc1. The Hall–Kier alpha value is -4.02. The summed E-state index contributed by atoms with van der Waals surface area (Å²) in [5.41, 5.74) is 1.73. The molecular weight excluding hydrogens is 645 g/mol. The second-order valence-electron chi connectivity index (χ2n) is 10.5. The van der Waals surface area contributed by atoms with Gasteiger partial charge < -0.3 is 10.2 Å². The molecule has 7 nitrogen and oxygen atoms in total. The molecule has 0 saturated carbocycles. The highest BCUT2D eigenvalue weighted by Gasteiger charge is 2.35. The highest BCUT2D eigenvalue weighted by molar-refractivity contribution is 9.10. The van der Waals surface area contributed by atoms with Gasteiger partial charge in [0.05, 0.1) is 10.6 Å². The van der Waals surface area contributed by atoms with E-state index >= 15 is 0 Å². The van der Waals surface area contributed by atoms with Crippen LogP contribution in [0.25, 0.3) is 0 Å². The van der Waals surface area contributed by atoms with Gasteiger partial charge in [-0.15, -0.1) is 0 Å². The molecule has 2 amide bonds. The van der Waals surface area contributed by atoms with Gasteiger partial charge in [0, 0.05) is 23.5 Å². The van der Waals surface area contributed by atoms with Crippen molar-refractivity contribution < 1.29 is 22.4 Å². The largest absolute Gasteiger partial charge is 0.352 e. The molecule has 0 aliphatic rings. The molecule has 0 spiro atoms. The van der Waals surface area contributed by atoms with Gasteiger partial charge in [0.15, 0.2) is 0 Å². The Morgan fingerprint density at radius 1 is 0.841 bits per heavy atom. The number of anilines is 1. The van der Waals surface area contributed by atoms with Crippen LogP contribution in [0.4, 0.5) is 10.1 Å². The lowest BCUT2D eigenvalue weighted by molar-refractivity contribution is -0.140. The van der Waals surface area contributed by atoms with Gasteiger partial charge in [-0.05, 0) is 73.0 Å². The third-order valence-corrected chi connectivity index (χ3v) is 9.58. The Kier molecular flexibility index (Phi) is 11.3. The van der Waals surface area contributed by atoms with Gasteiger partial charge in [-0.3, -0.25) is 13.9 Å². The number of benzene rings is 4. The van der Waals surface area contributed by atoms with Gasteiger partial charge in [-0.2, -0.15) is 0 Å². The summed E-state index contributed by atoms with van der Waals surface area (Å²) >= 11 is 3.44. The molecule has 0 unspecified atom stereocenters. The highest BCUT2D eigenvalue weighted by Crippen LogP contribution is 2.25. The fraction of sp³-hybridized carbons (Fsp3) is 0.235. The summed E-state index contributed by atoms with van der Waals surface area (Å²) in [6.07, 6.45) is 0.908. The lowest BCUT2D eigenvalue weighted by Gasteiger charge is -2.34.